The Balaban J connectivity index is 2.11. The number of sulfonamides is 1. The molecule has 0 radical (unpaired) electrons. The molecule has 4 nitrogen and oxygen atoms in total. The van der Waals surface area contributed by atoms with Crippen LogP contribution < -0.4 is 9.46 Å². The summed E-state index contributed by atoms with van der Waals surface area (Å²) in [5, 5.41) is 0. The minimum absolute atomic E-state index is 0.0416. The van der Waals surface area contributed by atoms with Crippen LogP contribution in [0.15, 0.2) is 23.1 Å². The van der Waals surface area contributed by atoms with Crippen LogP contribution in [0.5, 0.6) is 5.75 Å². The maximum absolute atomic E-state index is 13.7. The molecular weight excluding hydrogens is 293 g/mol. The molecular formula is C15H22FNO3S. The van der Waals surface area contributed by atoms with E-state index in [4.69, 9.17) is 4.74 Å². The number of hydrogen-bond donors (Lipinski definition) is 1. The van der Waals surface area contributed by atoms with Gasteiger partial charge in [0.25, 0.3) is 0 Å². The van der Waals surface area contributed by atoms with Crippen LogP contribution >= 0.6 is 0 Å². The van der Waals surface area contributed by atoms with Gasteiger partial charge in [0.1, 0.15) is 0 Å². The van der Waals surface area contributed by atoms with Gasteiger partial charge in [-0.2, -0.15) is 0 Å². The predicted molar refractivity (Wildman–Crippen MR) is 79.4 cm³/mol. The van der Waals surface area contributed by atoms with Crippen molar-refractivity contribution in [2.24, 2.45) is 0 Å². The van der Waals surface area contributed by atoms with Crippen molar-refractivity contribution in [3.63, 3.8) is 0 Å². The average molecular weight is 315 g/mol. The third kappa shape index (κ3) is 4.41. The molecule has 118 valence electrons. The van der Waals surface area contributed by atoms with Gasteiger partial charge in [-0.15, -0.1) is 0 Å². The third-order valence-electron chi connectivity index (χ3n) is 3.86. The standard InChI is InChI=1S/C15H22FNO3S/c1-20-15-10-9-13(11-14(15)16)21(18,19)17-12-7-5-3-2-4-6-8-12/h9-12,17H,2-8H2,1H3. The van der Waals surface area contributed by atoms with Gasteiger partial charge in [-0.3, -0.25) is 0 Å². The molecule has 0 amide bonds. The number of rotatable bonds is 4. The summed E-state index contributed by atoms with van der Waals surface area (Å²) < 4.78 is 45.8. The van der Waals surface area contributed by atoms with Crippen LogP contribution in [0.2, 0.25) is 0 Å². The molecule has 1 saturated carbocycles. The number of halogens is 1. The maximum Gasteiger partial charge on any atom is 0.240 e. The lowest BCUT2D eigenvalue weighted by Gasteiger charge is -2.21. The molecule has 1 aliphatic carbocycles. The zero-order valence-corrected chi connectivity index (χ0v) is 13.1. The maximum atomic E-state index is 13.7. The number of methoxy groups -OCH3 is 1. The fourth-order valence-corrected chi connectivity index (χ4v) is 3.99. The molecule has 1 N–H and O–H groups in total. The van der Waals surface area contributed by atoms with Gasteiger partial charge in [0.05, 0.1) is 12.0 Å². The van der Waals surface area contributed by atoms with Gasteiger partial charge in [0.2, 0.25) is 10.0 Å². The van der Waals surface area contributed by atoms with E-state index in [1.807, 2.05) is 0 Å². The molecule has 0 unspecified atom stereocenters. The van der Waals surface area contributed by atoms with Crippen LogP contribution in [0, 0.1) is 5.82 Å². The second-order valence-electron chi connectivity index (χ2n) is 5.46. The number of benzene rings is 1. The van der Waals surface area contributed by atoms with Crippen molar-refractivity contribution < 1.29 is 17.5 Å². The lowest BCUT2D eigenvalue weighted by molar-refractivity contribution is 0.385. The number of hydrogen-bond acceptors (Lipinski definition) is 3. The Labute approximate surface area is 125 Å². The largest absolute Gasteiger partial charge is 0.494 e. The molecule has 1 aromatic carbocycles. The monoisotopic (exact) mass is 315 g/mol. The molecule has 1 aromatic rings. The van der Waals surface area contributed by atoms with E-state index < -0.39 is 15.8 Å². The molecule has 0 spiro atoms. The first-order valence-corrected chi connectivity index (χ1v) is 8.87. The van der Waals surface area contributed by atoms with Crippen LogP contribution in [0.4, 0.5) is 4.39 Å². The lowest BCUT2D eigenvalue weighted by atomic mass is 9.97. The van der Waals surface area contributed by atoms with E-state index in [2.05, 4.69) is 4.72 Å². The van der Waals surface area contributed by atoms with Crippen molar-refractivity contribution in [2.75, 3.05) is 7.11 Å². The Morgan fingerprint density at radius 1 is 1.14 bits per heavy atom. The van der Waals surface area contributed by atoms with Crippen LogP contribution in [0.25, 0.3) is 0 Å². The Morgan fingerprint density at radius 2 is 1.76 bits per heavy atom. The predicted octanol–water partition coefficient (Wildman–Crippen LogP) is 3.23. The Hall–Kier alpha value is -1.14. The summed E-state index contributed by atoms with van der Waals surface area (Å²) in [6, 6.07) is 3.65. The van der Waals surface area contributed by atoms with Gasteiger partial charge < -0.3 is 4.74 Å². The van der Waals surface area contributed by atoms with E-state index in [9.17, 15) is 12.8 Å². The van der Waals surface area contributed by atoms with E-state index in [0.29, 0.717) is 0 Å². The van der Waals surface area contributed by atoms with E-state index in [0.717, 1.165) is 44.6 Å². The molecule has 0 heterocycles. The Bertz CT molecular complexity index is 566. The zero-order valence-electron chi connectivity index (χ0n) is 12.3. The van der Waals surface area contributed by atoms with Crippen LogP contribution in [-0.4, -0.2) is 21.6 Å². The first-order chi connectivity index (χ1) is 10.0. The lowest BCUT2D eigenvalue weighted by Crippen LogP contribution is -2.35. The summed E-state index contributed by atoms with van der Waals surface area (Å²) in [7, 11) is -2.33. The van der Waals surface area contributed by atoms with E-state index in [-0.39, 0.29) is 16.7 Å². The fraction of sp³-hybridized carbons (Fsp3) is 0.600. The Morgan fingerprint density at radius 3 is 2.33 bits per heavy atom. The molecule has 6 heteroatoms. The Kier molecular flexibility index (Phi) is 5.58. The highest BCUT2D eigenvalue weighted by Gasteiger charge is 2.21. The van der Waals surface area contributed by atoms with Gasteiger partial charge in [0, 0.05) is 6.04 Å². The van der Waals surface area contributed by atoms with Gasteiger partial charge in [-0.05, 0) is 31.0 Å². The third-order valence-corrected chi connectivity index (χ3v) is 5.38. The molecule has 1 aliphatic rings. The first kappa shape index (κ1) is 16.2. The minimum atomic E-state index is -3.68. The second kappa shape index (κ2) is 7.22. The van der Waals surface area contributed by atoms with Crippen molar-refractivity contribution >= 4 is 10.0 Å². The van der Waals surface area contributed by atoms with Gasteiger partial charge in [-0.1, -0.05) is 32.1 Å². The average Bonchev–Trinajstić information content (AvgIpc) is 2.41. The van der Waals surface area contributed by atoms with Crippen LogP contribution in [-0.2, 0) is 10.0 Å². The van der Waals surface area contributed by atoms with Crippen molar-refractivity contribution in [2.45, 2.75) is 55.9 Å². The second-order valence-corrected chi connectivity index (χ2v) is 7.17. The van der Waals surface area contributed by atoms with Gasteiger partial charge >= 0.3 is 0 Å². The molecule has 2 rings (SSSR count). The summed E-state index contributed by atoms with van der Waals surface area (Å²) >= 11 is 0. The molecule has 0 atom stereocenters. The topological polar surface area (TPSA) is 55.4 Å². The molecule has 0 saturated heterocycles. The van der Waals surface area contributed by atoms with Crippen molar-refractivity contribution in [3.05, 3.63) is 24.0 Å². The smallest absolute Gasteiger partial charge is 0.240 e. The summed E-state index contributed by atoms with van der Waals surface area (Å²) in [6.45, 7) is 0. The molecule has 0 aliphatic heterocycles. The molecule has 21 heavy (non-hydrogen) atoms. The first-order valence-electron chi connectivity index (χ1n) is 7.39. The summed E-state index contributed by atoms with van der Waals surface area (Å²) in [5.41, 5.74) is 0. The van der Waals surface area contributed by atoms with Crippen molar-refractivity contribution in [1.29, 1.82) is 0 Å². The van der Waals surface area contributed by atoms with Crippen molar-refractivity contribution in [3.8, 4) is 5.75 Å². The van der Waals surface area contributed by atoms with Crippen LogP contribution in [0.1, 0.15) is 44.9 Å². The minimum Gasteiger partial charge on any atom is -0.494 e. The van der Waals surface area contributed by atoms with E-state index >= 15 is 0 Å². The molecule has 0 aromatic heterocycles. The number of nitrogens with one attached hydrogen (secondary N) is 1. The van der Waals surface area contributed by atoms with Gasteiger partial charge in [0.15, 0.2) is 11.6 Å². The molecule has 0 bridgehead atoms. The van der Waals surface area contributed by atoms with E-state index in [1.54, 1.807) is 0 Å². The highest BCUT2D eigenvalue weighted by molar-refractivity contribution is 7.89. The van der Waals surface area contributed by atoms with E-state index in [1.165, 1.54) is 25.7 Å². The quantitative estimate of drug-likeness (QED) is 0.928. The summed E-state index contributed by atoms with van der Waals surface area (Å²) in [6.07, 6.45) is 7.28. The highest BCUT2D eigenvalue weighted by atomic mass is 32.2. The zero-order chi connectivity index (χ0) is 15.3. The SMILES string of the molecule is COc1ccc(S(=O)(=O)NC2CCCCCCC2)cc1F. The normalized spacial score (nSPS) is 18.0. The fourth-order valence-electron chi connectivity index (χ4n) is 2.68. The molecule has 1 fully saturated rings. The summed E-state index contributed by atoms with van der Waals surface area (Å²) in [5.74, 6) is -0.627. The number of ether oxygens (including phenoxy) is 1. The van der Waals surface area contributed by atoms with Crippen LogP contribution in [0.3, 0.4) is 0 Å². The summed E-state index contributed by atoms with van der Waals surface area (Å²) in [4.78, 5) is -0.0529. The van der Waals surface area contributed by atoms with Crippen molar-refractivity contribution in [1.82, 2.24) is 4.72 Å². The van der Waals surface area contributed by atoms with Gasteiger partial charge in [-0.25, -0.2) is 17.5 Å². The highest BCUT2D eigenvalue weighted by Crippen LogP contribution is 2.22.